The molecule has 0 unspecified atom stereocenters. The zero-order valence-corrected chi connectivity index (χ0v) is 8.43. The van der Waals surface area contributed by atoms with Crippen molar-refractivity contribution in [2.75, 3.05) is 7.11 Å². The standard InChI is InChI=1S/C11H12N2O2/c1-14-9-4-2-8(3-5-9)10-7-13-11(6-12)15-10/h2-5,7H,6,12H2,1H3. The molecule has 0 atom stereocenters. The summed E-state index contributed by atoms with van der Waals surface area (Å²) in [5, 5.41) is 0. The highest BCUT2D eigenvalue weighted by molar-refractivity contribution is 5.57. The van der Waals surface area contributed by atoms with Gasteiger partial charge in [-0.25, -0.2) is 4.98 Å². The Bertz CT molecular complexity index is 434. The van der Waals surface area contributed by atoms with E-state index < -0.39 is 0 Å². The van der Waals surface area contributed by atoms with Crippen molar-refractivity contribution in [3.8, 4) is 17.1 Å². The third-order valence-electron chi connectivity index (χ3n) is 2.10. The zero-order valence-electron chi connectivity index (χ0n) is 8.43. The molecule has 1 aromatic heterocycles. The maximum atomic E-state index is 5.42. The molecule has 0 aliphatic rings. The molecule has 0 bridgehead atoms. The van der Waals surface area contributed by atoms with Crippen LogP contribution in [0.3, 0.4) is 0 Å². The first-order chi connectivity index (χ1) is 7.33. The maximum absolute atomic E-state index is 5.42. The van der Waals surface area contributed by atoms with E-state index in [0.717, 1.165) is 17.1 Å². The van der Waals surface area contributed by atoms with Crippen LogP contribution in [-0.2, 0) is 6.54 Å². The van der Waals surface area contributed by atoms with Crippen molar-refractivity contribution >= 4 is 0 Å². The Kier molecular flexibility index (Phi) is 2.69. The first kappa shape index (κ1) is 9.73. The monoisotopic (exact) mass is 204 g/mol. The minimum atomic E-state index is 0.316. The van der Waals surface area contributed by atoms with Gasteiger partial charge in [-0.1, -0.05) is 0 Å². The smallest absolute Gasteiger partial charge is 0.208 e. The highest BCUT2D eigenvalue weighted by Gasteiger charge is 2.04. The molecule has 15 heavy (non-hydrogen) atoms. The topological polar surface area (TPSA) is 61.3 Å². The van der Waals surface area contributed by atoms with E-state index in [2.05, 4.69) is 4.98 Å². The number of ether oxygens (including phenoxy) is 1. The SMILES string of the molecule is COc1ccc(-c2cnc(CN)o2)cc1. The molecule has 1 aromatic carbocycles. The predicted octanol–water partition coefficient (Wildman–Crippen LogP) is 1.81. The Morgan fingerprint density at radius 3 is 2.60 bits per heavy atom. The van der Waals surface area contributed by atoms with Gasteiger partial charge in [-0.05, 0) is 24.3 Å². The van der Waals surface area contributed by atoms with Crippen molar-refractivity contribution in [3.05, 3.63) is 36.4 Å². The summed E-state index contributed by atoms with van der Waals surface area (Å²) in [7, 11) is 1.63. The first-order valence-corrected chi connectivity index (χ1v) is 4.62. The molecule has 78 valence electrons. The summed E-state index contributed by atoms with van der Waals surface area (Å²) in [5.74, 6) is 2.08. The van der Waals surface area contributed by atoms with Crippen LogP contribution in [0.25, 0.3) is 11.3 Å². The number of hydrogen-bond donors (Lipinski definition) is 1. The fourth-order valence-corrected chi connectivity index (χ4v) is 1.29. The predicted molar refractivity (Wildman–Crippen MR) is 56.4 cm³/mol. The highest BCUT2D eigenvalue weighted by atomic mass is 16.5. The van der Waals surface area contributed by atoms with Crippen LogP contribution in [-0.4, -0.2) is 12.1 Å². The Labute approximate surface area is 87.7 Å². The van der Waals surface area contributed by atoms with Crippen LogP contribution in [0, 0.1) is 0 Å². The minimum Gasteiger partial charge on any atom is -0.497 e. The molecule has 0 aliphatic carbocycles. The summed E-state index contributed by atoms with van der Waals surface area (Å²) in [6.07, 6.45) is 1.67. The van der Waals surface area contributed by atoms with Crippen molar-refractivity contribution in [2.45, 2.75) is 6.54 Å². The number of aromatic nitrogens is 1. The van der Waals surface area contributed by atoms with Gasteiger partial charge in [0, 0.05) is 5.56 Å². The molecule has 0 spiro atoms. The van der Waals surface area contributed by atoms with Gasteiger partial charge in [0.25, 0.3) is 0 Å². The van der Waals surface area contributed by atoms with Gasteiger partial charge in [0.15, 0.2) is 5.76 Å². The van der Waals surface area contributed by atoms with Gasteiger partial charge >= 0.3 is 0 Å². The normalized spacial score (nSPS) is 10.3. The lowest BCUT2D eigenvalue weighted by atomic mass is 10.2. The van der Waals surface area contributed by atoms with Gasteiger partial charge in [-0.15, -0.1) is 0 Å². The maximum Gasteiger partial charge on any atom is 0.208 e. The van der Waals surface area contributed by atoms with Crippen LogP contribution in [0.4, 0.5) is 0 Å². The van der Waals surface area contributed by atoms with Crippen LogP contribution in [0.15, 0.2) is 34.9 Å². The lowest BCUT2D eigenvalue weighted by molar-refractivity contribution is 0.415. The first-order valence-electron chi connectivity index (χ1n) is 4.62. The number of oxazole rings is 1. The van der Waals surface area contributed by atoms with Crippen molar-refractivity contribution in [1.82, 2.24) is 4.98 Å². The van der Waals surface area contributed by atoms with E-state index in [-0.39, 0.29) is 0 Å². The summed E-state index contributed by atoms with van der Waals surface area (Å²) in [6, 6.07) is 7.58. The second-order valence-corrected chi connectivity index (χ2v) is 3.05. The zero-order chi connectivity index (χ0) is 10.7. The number of benzene rings is 1. The third-order valence-corrected chi connectivity index (χ3v) is 2.10. The van der Waals surface area contributed by atoms with Gasteiger partial charge in [0.2, 0.25) is 5.89 Å². The van der Waals surface area contributed by atoms with E-state index in [4.69, 9.17) is 14.9 Å². The minimum absolute atomic E-state index is 0.316. The molecule has 0 aliphatic heterocycles. The Morgan fingerprint density at radius 2 is 2.07 bits per heavy atom. The molecule has 0 amide bonds. The summed E-state index contributed by atoms with van der Waals surface area (Å²) in [6.45, 7) is 0.316. The van der Waals surface area contributed by atoms with Crippen molar-refractivity contribution in [1.29, 1.82) is 0 Å². The summed E-state index contributed by atoms with van der Waals surface area (Å²) in [4.78, 5) is 4.03. The largest absolute Gasteiger partial charge is 0.497 e. The molecule has 0 saturated heterocycles. The Balaban J connectivity index is 2.28. The molecular weight excluding hydrogens is 192 g/mol. The Hall–Kier alpha value is -1.81. The number of methoxy groups -OCH3 is 1. The second kappa shape index (κ2) is 4.14. The molecule has 0 saturated carbocycles. The van der Waals surface area contributed by atoms with Crippen molar-refractivity contribution < 1.29 is 9.15 Å². The van der Waals surface area contributed by atoms with Crippen molar-refractivity contribution in [3.63, 3.8) is 0 Å². The Morgan fingerprint density at radius 1 is 1.33 bits per heavy atom. The fraction of sp³-hybridized carbons (Fsp3) is 0.182. The van der Waals surface area contributed by atoms with Crippen molar-refractivity contribution in [2.24, 2.45) is 5.73 Å². The second-order valence-electron chi connectivity index (χ2n) is 3.05. The number of nitrogens with zero attached hydrogens (tertiary/aromatic N) is 1. The van der Waals surface area contributed by atoms with Gasteiger partial charge in [-0.2, -0.15) is 0 Å². The lowest BCUT2D eigenvalue weighted by Gasteiger charge is -1.99. The van der Waals surface area contributed by atoms with E-state index in [1.54, 1.807) is 13.3 Å². The van der Waals surface area contributed by atoms with Crippen LogP contribution >= 0.6 is 0 Å². The third kappa shape index (κ3) is 1.99. The average molecular weight is 204 g/mol. The molecule has 2 aromatic rings. The van der Waals surface area contributed by atoms with E-state index >= 15 is 0 Å². The van der Waals surface area contributed by atoms with Gasteiger partial charge in [0.1, 0.15) is 5.75 Å². The molecular formula is C11H12N2O2. The average Bonchev–Trinajstić information content (AvgIpc) is 2.78. The summed E-state index contributed by atoms with van der Waals surface area (Å²) >= 11 is 0. The van der Waals surface area contributed by atoms with Crippen LogP contribution < -0.4 is 10.5 Å². The van der Waals surface area contributed by atoms with E-state index in [0.29, 0.717) is 12.4 Å². The lowest BCUT2D eigenvalue weighted by Crippen LogP contribution is -1.94. The summed E-state index contributed by atoms with van der Waals surface area (Å²) in [5.41, 5.74) is 6.37. The van der Waals surface area contributed by atoms with Crippen LogP contribution in [0.5, 0.6) is 5.75 Å². The van der Waals surface area contributed by atoms with Crippen LogP contribution in [0.2, 0.25) is 0 Å². The number of hydrogen-bond acceptors (Lipinski definition) is 4. The van der Waals surface area contributed by atoms with Gasteiger partial charge in [0.05, 0.1) is 19.9 Å². The fourth-order valence-electron chi connectivity index (χ4n) is 1.29. The van der Waals surface area contributed by atoms with E-state index in [1.165, 1.54) is 0 Å². The molecule has 0 fully saturated rings. The number of nitrogens with two attached hydrogens (primary N) is 1. The van der Waals surface area contributed by atoms with E-state index in [1.807, 2.05) is 24.3 Å². The molecule has 4 nitrogen and oxygen atoms in total. The molecule has 4 heteroatoms. The quantitative estimate of drug-likeness (QED) is 0.828. The van der Waals surface area contributed by atoms with E-state index in [9.17, 15) is 0 Å². The van der Waals surface area contributed by atoms with Crippen LogP contribution in [0.1, 0.15) is 5.89 Å². The molecule has 0 radical (unpaired) electrons. The van der Waals surface area contributed by atoms with Gasteiger partial charge < -0.3 is 14.9 Å². The number of rotatable bonds is 3. The highest BCUT2D eigenvalue weighted by Crippen LogP contribution is 2.22. The molecule has 2 N–H and O–H groups in total. The summed E-state index contributed by atoms with van der Waals surface area (Å²) < 4.78 is 10.5. The molecule has 2 rings (SSSR count). The molecule has 1 heterocycles. The van der Waals surface area contributed by atoms with Gasteiger partial charge in [-0.3, -0.25) is 0 Å².